The number of carbonyl (C=O) groups is 2. The molecule has 0 radical (unpaired) electrons. The Hall–Kier alpha value is -4.32. The first-order valence-electron chi connectivity index (χ1n) is 29.0. The molecule has 0 spiro atoms. The minimum Gasteiger partial charge on any atom is -0.489 e. The summed E-state index contributed by atoms with van der Waals surface area (Å²) in [6, 6.07) is 23.6. The van der Waals surface area contributed by atoms with Gasteiger partial charge in [-0.15, -0.1) is 0 Å². The third-order valence-corrected chi connectivity index (χ3v) is 14.2. The van der Waals surface area contributed by atoms with Crippen LogP contribution in [0, 0.1) is 0 Å². The van der Waals surface area contributed by atoms with Crippen molar-refractivity contribution in [2.24, 2.45) is 0 Å². The molecule has 0 aliphatic rings. The Labute approximate surface area is 427 Å². The van der Waals surface area contributed by atoms with E-state index in [1.807, 2.05) is 72.8 Å². The van der Waals surface area contributed by atoms with Crippen molar-refractivity contribution in [1.29, 1.82) is 0 Å². The average Bonchev–Trinajstić information content (AvgIpc) is 3.38. The highest BCUT2D eigenvalue weighted by Gasteiger charge is 2.10. The predicted molar refractivity (Wildman–Crippen MR) is 301 cm³/mol. The van der Waals surface area contributed by atoms with Crippen molar-refractivity contribution in [3.05, 3.63) is 96.1 Å². The number of hydrogen-bond acceptors (Lipinski definition) is 4. The van der Waals surface area contributed by atoms with Gasteiger partial charge in [-0.3, -0.25) is 9.59 Å². The average molecular weight is 959 g/mol. The molecule has 2 amide bonds. The summed E-state index contributed by atoms with van der Waals surface area (Å²) in [5.41, 5.74) is 2.19. The summed E-state index contributed by atoms with van der Waals surface area (Å²) in [7, 11) is 0. The summed E-state index contributed by atoms with van der Waals surface area (Å²) in [6.45, 7) is 10.9. The number of amides is 2. The van der Waals surface area contributed by atoms with Crippen molar-refractivity contribution < 1.29 is 19.1 Å². The summed E-state index contributed by atoms with van der Waals surface area (Å²) >= 11 is 0. The van der Waals surface area contributed by atoms with E-state index < -0.39 is 0 Å². The largest absolute Gasteiger partial charge is 0.489 e. The fraction of sp³-hybridized carbons (Fsp3) is 0.625. The number of fused-ring (bicyclic) bond motifs is 2. The van der Waals surface area contributed by atoms with Crippen LogP contribution >= 0.6 is 0 Å². The number of ether oxygens (including phenoxy) is 2. The fourth-order valence-electron chi connectivity index (χ4n) is 9.63. The number of carbonyl (C=O) groups excluding carboxylic acids is 2. The number of unbranched alkanes of at least 4 members (excludes halogenated alkanes) is 32. The van der Waals surface area contributed by atoms with Crippen LogP contribution in [0.25, 0.3) is 21.5 Å². The van der Waals surface area contributed by atoms with Crippen LogP contribution in [0.15, 0.2) is 84.9 Å². The molecule has 0 unspecified atom stereocenters. The quantitative estimate of drug-likeness (QED) is 0.0342. The molecule has 6 heteroatoms. The summed E-state index contributed by atoms with van der Waals surface area (Å²) in [6.07, 6.45) is 46.0. The van der Waals surface area contributed by atoms with Crippen LogP contribution in [-0.4, -0.2) is 38.1 Å². The van der Waals surface area contributed by atoms with Gasteiger partial charge in [0, 0.05) is 24.2 Å². The zero-order chi connectivity index (χ0) is 49.5. The second kappa shape index (κ2) is 38.4. The fourth-order valence-corrected chi connectivity index (χ4v) is 9.63. The van der Waals surface area contributed by atoms with Gasteiger partial charge in [0.05, 0.1) is 0 Å². The van der Waals surface area contributed by atoms with Crippen LogP contribution in [0.2, 0.25) is 0 Å². The van der Waals surface area contributed by atoms with Gasteiger partial charge in [0.2, 0.25) is 0 Å². The van der Waals surface area contributed by atoms with E-state index in [-0.39, 0.29) is 11.8 Å². The zero-order valence-electron chi connectivity index (χ0n) is 44.6. The second-order valence-electron chi connectivity index (χ2n) is 20.6. The van der Waals surface area contributed by atoms with Crippen molar-refractivity contribution in [2.45, 2.75) is 232 Å². The molecule has 70 heavy (non-hydrogen) atoms. The van der Waals surface area contributed by atoms with Crippen molar-refractivity contribution in [1.82, 2.24) is 10.6 Å². The molecule has 0 aromatic heterocycles. The SMILES string of the molecule is C=C(COc1ccc2cc(C(=O)NCCCCCCCCCCCCCCCCCCC)ccc2c1)COc1ccc2cc(C(=O)NCCCCCCCCCCCCCCCCCCC)ccc2c1. The van der Waals surface area contributed by atoms with E-state index in [4.69, 9.17) is 9.47 Å². The Bertz CT molecular complexity index is 1860. The van der Waals surface area contributed by atoms with E-state index in [1.165, 1.54) is 205 Å². The van der Waals surface area contributed by atoms with Gasteiger partial charge in [0.25, 0.3) is 11.8 Å². The molecule has 2 N–H and O–H groups in total. The molecular weight excluding hydrogens is 861 g/mol. The molecule has 0 saturated carbocycles. The van der Waals surface area contributed by atoms with E-state index in [0.717, 1.165) is 64.5 Å². The van der Waals surface area contributed by atoms with Crippen LogP contribution in [0.3, 0.4) is 0 Å². The lowest BCUT2D eigenvalue weighted by atomic mass is 10.0. The molecule has 0 heterocycles. The highest BCUT2D eigenvalue weighted by molar-refractivity contribution is 5.99. The van der Waals surface area contributed by atoms with Gasteiger partial charge in [0.1, 0.15) is 24.7 Å². The third-order valence-electron chi connectivity index (χ3n) is 14.2. The van der Waals surface area contributed by atoms with Gasteiger partial charge in [-0.25, -0.2) is 0 Å². The lowest BCUT2D eigenvalue weighted by molar-refractivity contribution is 0.0945. The smallest absolute Gasteiger partial charge is 0.251 e. The normalized spacial score (nSPS) is 11.3. The Balaban J connectivity index is 0.997. The zero-order valence-corrected chi connectivity index (χ0v) is 44.6. The van der Waals surface area contributed by atoms with E-state index in [2.05, 4.69) is 31.1 Å². The van der Waals surface area contributed by atoms with Crippen molar-refractivity contribution in [2.75, 3.05) is 26.3 Å². The first-order chi connectivity index (χ1) is 34.5. The molecule has 0 fully saturated rings. The maximum absolute atomic E-state index is 12.9. The van der Waals surface area contributed by atoms with Gasteiger partial charge in [0.15, 0.2) is 0 Å². The van der Waals surface area contributed by atoms with E-state index in [0.29, 0.717) is 24.3 Å². The van der Waals surface area contributed by atoms with Crippen molar-refractivity contribution in [3.8, 4) is 11.5 Å². The number of benzene rings is 4. The summed E-state index contributed by atoms with van der Waals surface area (Å²) in [4.78, 5) is 25.8. The number of rotatable bonds is 44. The van der Waals surface area contributed by atoms with Gasteiger partial charge >= 0.3 is 0 Å². The molecule has 0 atom stereocenters. The Morgan fingerprint density at radius 3 is 0.914 bits per heavy atom. The molecule has 4 aromatic rings. The van der Waals surface area contributed by atoms with E-state index in [9.17, 15) is 9.59 Å². The number of nitrogens with one attached hydrogen (secondary N) is 2. The van der Waals surface area contributed by atoms with Gasteiger partial charge in [-0.05, 0) is 88.5 Å². The van der Waals surface area contributed by atoms with Crippen LogP contribution in [-0.2, 0) is 0 Å². The van der Waals surface area contributed by atoms with E-state index >= 15 is 0 Å². The molecule has 6 nitrogen and oxygen atoms in total. The summed E-state index contributed by atoms with van der Waals surface area (Å²) in [5.74, 6) is 1.46. The first kappa shape index (κ1) is 58.3. The first-order valence-corrected chi connectivity index (χ1v) is 29.0. The molecule has 4 aromatic carbocycles. The Morgan fingerprint density at radius 1 is 0.357 bits per heavy atom. The van der Waals surface area contributed by atoms with Gasteiger partial charge in [-0.1, -0.05) is 250 Å². The molecule has 0 aliphatic carbocycles. The van der Waals surface area contributed by atoms with Crippen LogP contribution < -0.4 is 20.1 Å². The monoisotopic (exact) mass is 959 g/mol. The van der Waals surface area contributed by atoms with Crippen molar-refractivity contribution in [3.63, 3.8) is 0 Å². The minimum atomic E-state index is -0.0141. The van der Waals surface area contributed by atoms with Crippen LogP contribution in [0.1, 0.15) is 253 Å². The minimum absolute atomic E-state index is 0.0141. The summed E-state index contributed by atoms with van der Waals surface area (Å²) < 4.78 is 12.2. The second-order valence-corrected chi connectivity index (χ2v) is 20.6. The van der Waals surface area contributed by atoms with Gasteiger partial charge < -0.3 is 20.1 Å². The Morgan fingerprint density at radius 2 is 0.614 bits per heavy atom. The highest BCUT2D eigenvalue weighted by Crippen LogP contribution is 2.25. The topological polar surface area (TPSA) is 76.7 Å². The highest BCUT2D eigenvalue weighted by atomic mass is 16.5. The molecule has 0 saturated heterocycles. The summed E-state index contributed by atoms with van der Waals surface area (Å²) in [5, 5.41) is 10.3. The third kappa shape index (κ3) is 26.2. The lowest BCUT2D eigenvalue weighted by Crippen LogP contribution is -2.24. The van der Waals surface area contributed by atoms with Crippen LogP contribution in [0.4, 0.5) is 0 Å². The maximum Gasteiger partial charge on any atom is 0.251 e. The van der Waals surface area contributed by atoms with Crippen molar-refractivity contribution >= 4 is 33.4 Å². The molecule has 0 bridgehead atoms. The van der Waals surface area contributed by atoms with Crippen LogP contribution in [0.5, 0.6) is 11.5 Å². The van der Waals surface area contributed by atoms with Gasteiger partial charge in [-0.2, -0.15) is 0 Å². The Kier molecular flexibility index (Phi) is 31.9. The number of hydrogen-bond donors (Lipinski definition) is 2. The predicted octanol–water partition coefficient (Wildman–Crippen LogP) is 18.8. The molecule has 0 aliphatic heterocycles. The maximum atomic E-state index is 12.9. The molecule has 388 valence electrons. The van der Waals surface area contributed by atoms with E-state index in [1.54, 1.807) is 0 Å². The molecular formula is C64H98N2O4. The standard InChI is InChI=1S/C64H98N2O4/c1-4-6-8-10-12-14-16-18-20-22-24-26-28-30-32-34-36-46-65-63(67)59-40-38-57-50-61(44-42-55(57)48-59)69-52-54(3)53-70-62-45-43-56-49-60(41-39-58(56)51-62)64(68)66-47-37-35-33-31-29-27-25-23-21-19-17-15-13-11-9-7-5-2/h38-45,48-51H,3-37,46-47,52-53H2,1-2H3,(H,65,67)(H,66,68). The molecule has 4 rings (SSSR count). The lowest BCUT2D eigenvalue weighted by Gasteiger charge is -2.12.